The number of halogens is 1. The fourth-order valence-corrected chi connectivity index (χ4v) is 3.09. The minimum atomic E-state index is -2.86. The van der Waals surface area contributed by atoms with Crippen molar-refractivity contribution in [1.29, 1.82) is 0 Å². The Hall–Kier alpha value is 0.200. The molecule has 0 heterocycles. The average molecular weight is 270 g/mol. The predicted octanol–water partition coefficient (Wildman–Crippen LogP) is 2.05. The largest absolute Gasteiger partial charge is 0.313 e. The van der Waals surface area contributed by atoms with Gasteiger partial charge in [0.2, 0.25) is 0 Å². The zero-order valence-electron chi connectivity index (χ0n) is 10.5. The van der Waals surface area contributed by atoms with Crippen molar-refractivity contribution in [3.63, 3.8) is 0 Å². The van der Waals surface area contributed by atoms with Gasteiger partial charge in [0, 0.05) is 24.2 Å². The number of nitrogens with one attached hydrogen (secondary N) is 1. The van der Waals surface area contributed by atoms with E-state index >= 15 is 0 Å². The SMILES string of the molecule is CCCS(=O)(=O)CCNC(CCCl)C(C)C. The first-order valence-corrected chi connectivity index (χ1v) is 8.28. The van der Waals surface area contributed by atoms with E-state index in [9.17, 15) is 8.42 Å². The van der Waals surface area contributed by atoms with Crippen LogP contribution in [0.2, 0.25) is 0 Å². The van der Waals surface area contributed by atoms with Crippen LogP contribution in [0.3, 0.4) is 0 Å². The van der Waals surface area contributed by atoms with E-state index in [1.807, 2.05) is 6.92 Å². The Bertz CT molecular complexity index is 265. The summed E-state index contributed by atoms with van der Waals surface area (Å²) >= 11 is 5.70. The third-order valence-corrected chi connectivity index (χ3v) is 4.63. The van der Waals surface area contributed by atoms with E-state index in [0.717, 1.165) is 6.42 Å². The summed E-state index contributed by atoms with van der Waals surface area (Å²) in [5.74, 6) is 1.60. The third kappa shape index (κ3) is 7.47. The number of hydrogen-bond acceptors (Lipinski definition) is 3. The van der Waals surface area contributed by atoms with Crippen molar-refractivity contribution < 1.29 is 8.42 Å². The Morgan fingerprint density at radius 1 is 1.25 bits per heavy atom. The van der Waals surface area contributed by atoms with Crippen molar-refractivity contribution in [2.75, 3.05) is 23.9 Å². The zero-order valence-corrected chi connectivity index (χ0v) is 12.1. The second-order valence-corrected chi connectivity index (χ2v) is 7.12. The molecule has 0 saturated heterocycles. The molecular formula is C11H24ClNO2S. The molecule has 16 heavy (non-hydrogen) atoms. The molecule has 0 amide bonds. The molecule has 0 rings (SSSR count). The van der Waals surface area contributed by atoms with Crippen LogP contribution in [0.4, 0.5) is 0 Å². The van der Waals surface area contributed by atoms with Crippen LogP contribution < -0.4 is 5.32 Å². The first-order valence-electron chi connectivity index (χ1n) is 5.92. The Labute approximate surface area is 105 Å². The summed E-state index contributed by atoms with van der Waals surface area (Å²) in [7, 11) is -2.86. The highest BCUT2D eigenvalue weighted by atomic mass is 35.5. The van der Waals surface area contributed by atoms with Crippen LogP contribution in [0.1, 0.15) is 33.6 Å². The number of sulfone groups is 1. The number of alkyl halides is 1. The molecule has 0 aliphatic heterocycles. The monoisotopic (exact) mass is 269 g/mol. The molecule has 0 saturated carbocycles. The van der Waals surface area contributed by atoms with E-state index in [0.29, 0.717) is 30.8 Å². The standard InChI is InChI=1S/C11H24ClNO2S/c1-4-8-16(14,15)9-7-13-11(5-6-12)10(2)3/h10-11,13H,4-9H2,1-3H3. The van der Waals surface area contributed by atoms with E-state index in [1.54, 1.807) is 0 Å². The van der Waals surface area contributed by atoms with Gasteiger partial charge in [-0.05, 0) is 18.8 Å². The molecule has 1 atom stereocenters. The fraction of sp³-hybridized carbons (Fsp3) is 1.00. The first-order chi connectivity index (χ1) is 7.43. The van der Waals surface area contributed by atoms with Crippen LogP contribution in [-0.4, -0.2) is 38.4 Å². The number of hydrogen-bond donors (Lipinski definition) is 1. The lowest BCUT2D eigenvalue weighted by Crippen LogP contribution is -2.37. The van der Waals surface area contributed by atoms with E-state index in [-0.39, 0.29) is 11.5 Å². The smallest absolute Gasteiger partial charge is 0.151 e. The van der Waals surface area contributed by atoms with Crippen LogP contribution >= 0.6 is 11.6 Å². The summed E-state index contributed by atoms with van der Waals surface area (Å²) in [6, 6.07) is 0.314. The molecule has 5 heteroatoms. The molecular weight excluding hydrogens is 246 g/mol. The maximum Gasteiger partial charge on any atom is 0.151 e. The van der Waals surface area contributed by atoms with Crippen molar-refractivity contribution in [2.24, 2.45) is 5.92 Å². The van der Waals surface area contributed by atoms with Crippen molar-refractivity contribution in [3.05, 3.63) is 0 Å². The van der Waals surface area contributed by atoms with Crippen molar-refractivity contribution in [1.82, 2.24) is 5.32 Å². The van der Waals surface area contributed by atoms with Gasteiger partial charge in [0.15, 0.2) is 9.84 Å². The lowest BCUT2D eigenvalue weighted by Gasteiger charge is -2.21. The van der Waals surface area contributed by atoms with Gasteiger partial charge < -0.3 is 5.32 Å². The summed E-state index contributed by atoms with van der Waals surface area (Å²) in [5, 5.41) is 3.27. The molecule has 0 spiro atoms. The molecule has 0 aromatic carbocycles. The van der Waals surface area contributed by atoms with Gasteiger partial charge in [-0.25, -0.2) is 8.42 Å². The third-order valence-electron chi connectivity index (χ3n) is 2.56. The van der Waals surface area contributed by atoms with Crippen LogP contribution in [0.25, 0.3) is 0 Å². The van der Waals surface area contributed by atoms with Gasteiger partial charge in [0.25, 0.3) is 0 Å². The molecule has 0 aliphatic carbocycles. The Morgan fingerprint density at radius 3 is 2.31 bits per heavy atom. The zero-order chi connectivity index (χ0) is 12.6. The Kier molecular flexibility index (Phi) is 8.42. The molecule has 0 fully saturated rings. The summed E-state index contributed by atoms with van der Waals surface area (Å²) in [5.41, 5.74) is 0. The lowest BCUT2D eigenvalue weighted by molar-refractivity contribution is 0.399. The lowest BCUT2D eigenvalue weighted by atomic mass is 10.0. The molecule has 98 valence electrons. The highest BCUT2D eigenvalue weighted by Crippen LogP contribution is 2.06. The van der Waals surface area contributed by atoms with E-state index in [4.69, 9.17) is 11.6 Å². The summed E-state index contributed by atoms with van der Waals surface area (Å²) in [6.45, 7) is 6.65. The van der Waals surface area contributed by atoms with Crippen molar-refractivity contribution in [2.45, 2.75) is 39.7 Å². The Morgan fingerprint density at radius 2 is 1.88 bits per heavy atom. The van der Waals surface area contributed by atoms with Gasteiger partial charge in [-0.15, -0.1) is 11.6 Å². The highest BCUT2D eigenvalue weighted by molar-refractivity contribution is 7.91. The van der Waals surface area contributed by atoms with Gasteiger partial charge in [-0.2, -0.15) is 0 Å². The maximum atomic E-state index is 11.5. The van der Waals surface area contributed by atoms with Gasteiger partial charge >= 0.3 is 0 Å². The summed E-state index contributed by atoms with van der Waals surface area (Å²) in [6.07, 6.45) is 1.57. The summed E-state index contributed by atoms with van der Waals surface area (Å²) in [4.78, 5) is 0. The molecule has 1 unspecified atom stereocenters. The van der Waals surface area contributed by atoms with E-state index < -0.39 is 9.84 Å². The van der Waals surface area contributed by atoms with Crippen LogP contribution in [0.15, 0.2) is 0 Å². The van der Waals surface area contributed by atoms with Gasteiger partial charge in [-0.3, -0.25) is 0 Å². The fourth-order valence-electron chi connectivity index (χ4n) is 1.60. The first kappa shape index (κ1) is 16.2. The maximum absolute atomic E-state index is 11.5. The highest BCUT2D eigenvalue weighted by Gasteiger charge is 2.14. The van der Waals surface area contributed by atoms with Crippen LogP contribution in [-0.2, 0) is 9.84 Å². The predicted molar refractivity (Wildman–Crippen MR) is 70.9 cm³/mol. The van der Waals surface area contributed by atoms with Crippen LogP contribution in [0, 0.1) is 5.92 Å². The molecule has 0 bridgehead atoms. The van der Waals surface area contributed by atoms with E-state index in [2.05, 4.69) is 19.2 Å². The second-order valence-electron chi connectivity index (χ2n) is 4.43. The van der Waals surface area contributed by atoms with E-state index in [1.165, 1.54) is 0 Å². The molecule has 3 nitrogen and oxygen atoms in total. The quantitative estimate of drug-likeness (QED) is 0.652. The summed E-state index contributed by atoms with van der Waals surface area (Å²) < 4.78 is 22.9. The molecule has 0 aromatic rings. The average Bonchev–Trinajstić information content (AvgIpc) is 2.15. The minimum absolute atomic E-state index is 0.229. The van der Waals surface area contributed by atoms with Crippen molar-refractivity contribution >= 4 is 21.4 Å². The molecule has 1 N–H and O–H groups in total. The van der Waals surface area contributed by atoms with Gasteiger partial charge in [0.1, 0.15) is 0 Å². The molecule has 0 aliphatic rings. The van der Waals surface area contributed by atoms with Gasteiger partial charge in [-0.1, -0.05) is 20.8 Å². The number of rotatable bonds is 9. The van der Waals surface area contributed by atoms with Gasteiger partial charge in [0.05, 0.1) is 5.75 Å². The minimum Gasteiger partial charge on any atom is -0.313 e. The Balaban J connectivity index is 3.94. The normalized spacial score (nSPS) is 14.3. The second kappa shape index (κ2) is 8.31. The molecule has 0 aromatic heterocycles. The topological polar surface area (TPSA) is 46.2 Å². The van der Waals surface area contributed by atoms with Crippen LogP contribution in [0.5, 0.6) is 0 Å². The molecule has 0 radical (unpaired) electrons. The van der Waals surface area contributed by atoms with Crippen molar-refractivity contribution in [3.8, 4) is 0 Å².